The molecular formula is C18H17N3O5S2. The van der Waals surface area contributed by atoms with Crippen molar-refractivity contribution >= 4 is 26.4 Å². The maximum Gasteiger partial charge on any atom is 0.262 e. The van der Waals surface area contributed by atoms with E-state index in [4.69, 9.17) is 14.0 Å². The molecule has 0 aliphatic carbocycles. The maximum absolute atomic E-state index is 13.1. The van der Waals surface area contributed by atoms with Gasteiger partial charge in [0.15, 0.2) is 5.82 Å². The molecule has 1 N–H and O–H groups in total. The fourth-order valence-corrected chi connectivity index (χ4v) is 5.97. The summed E-state index contributed by atoms with van der Waals surface area (Å²) in [5.41, 5.74) is 2.55. The van der Waals surface area contributed by atoms with Crippen molar-refractivity contribution in [3.63, 3.8) is 0 Å². The number of sulfonamides is 1. The molecular weight excluding hydrogens is 402 g/mol. The van der Waals surface area contributed by atoms with E-state index in [1.807, 2.05) is 0 Å². The van der Waals surface area contributed by atoms with Crippen LogP contribution in [0, 0.1) is 6.92 Å². The molecule has 0 unspecified atom stereocenters. The summed E-state index contributed by atoms with van der Waals surface area (Å²) in [5, 5.41) is 4.32. The zero-order valence-electron chi connectivity index (χ0n) is 15.0. The normalized spacial score (nSPS) is 15.8. The van der Waals surface area contributed by atoms with Crippen LogP contribution in [0.2, 0.25) is 0 Å². The van der Waals surface area contributed by atoms with E-state index in [0.29, 0.717) is 54.9 Å². The third-order valence-corrected chi connectivity index (χ3v) is 7.36. The van der Waals surface area contributed by atoms with Gasteiger partial charge in [-0.05, 0) is 42.7 Å². The van der Waals surface area contributed by atoms with Gasteiger partial charge in [0.05, 0.1) is 30.3 Å². The molecule has 28 heavy (non-hydrogen) atoms. The Morgan fingerprint density at radius 3 is 2.93 bits per heavy atom. The average Bonchev–Trinajstić information content (AvgIpc) is 3.38. The number of benzene rings is 1. The Morgan fingerprint density at radius 2 is 2.11 bits per heavy atom. The first-order valence-corrected chi connectivity index (χ1v) is 11.1. The Morgan fingerprint density at radius 1 is 1.21 bits per heavy atom. The molecule has 1 aromatic carbocycles. The predicted molar refractivity (Wildman–Crippen MR) is 102 cm³/mol. The number of aryl methyl sites for hydroxylation is 1. The number of ether oxygens (including phenoxy) is 2. The predicted octanol–water partition coefficient (Wildman–Crippen LogP) is 2.91. The van der Waals surface area contributed by atoms with E-state index < -0.39 is 10.0 Å². The Kier molecular flexibility index (Phi) is 4.14. The Hall–Kier alpha value is -2.43. The van der Waals surface area contributed by atoms with Gasteiger partial charge >= 0.3 is 0 Å². The fraction of sp³-hybridized carbons (Fsp3) is 0.333. The molecule has 0 fully saturated rings. The van der Waals surface area contributed by atoms with Crippen molar-refractivity contribution in [2.24, 2.45) is 0 Å². The van der Waals surface area contributed by atoms with Crippen LogP contribution in [-0.4, -0.2) is 31.8 Å². The zero-order valence-corrected chi connectivity index (χ0v) is 16.7. The number of fused-ring (bicyclic) bond motifs is 2. The number of nitrogens with zero attached hydrogens (tertiary/aromatic N) is 2. The first kappa shape index (κ1) is 17.7. The summed E-state index contributed by atoms with van der Waals surface area (Å²) in [6, 6.07) is 4.92. The van der Waals surface area contributed by atoms with Gasteiger partial charge in [-0.1, -0.05) is 5.16 Å². The summed E-state index contributed by atoms with van der Waals surface area (Å²) in [6.45, 7) is 3.31. The Balaban J connectivity index is 1.57. The quantitative estimate of drug-likeness (QED) is 0.693. The number of aromatic nitrogens is 2. The van der Waals surface area contributed by atoms with Gasteiger partial charge in [0.2, 0.25) is 0 Å². The lowest BCUT2D eigenvalue weighted by Gasteiger charge is -2.12. The van der Waals surface area contributed by atoms with E-state index in [0.717, 1.165) is 21.8 Å². The zero-order chi connectivity index (χ0) is 19.3. The lowest BCUT2D eigenvalue weighted by molar-refractivity contribution is 0.113. The van der Waals surface area contributed by atoms with Crippen LogP contribution < -0.4 is 9.46 Å². The van der Waals surface area contributed by atoms with Crippen LogP contribution in [0.15, 0.2) is 27.6 Å². The smallest absolute Gasteiger partial charge is 0.262 e. The molecule has 0 amide bonds. The molecule has 8 nitrogen and oxygen atoms in total. The second kappa shape index (κ2) is 6.57. The Bertz CT molecular complexity index is 1170. The van der Waals surface area contributed by atoms with Crippen molar-refractivity contribution in [2.45, 2.75) is 31.3 Å². The molecule has 2 aliphatic rings. The van der Waals surface area contributed by atoms with E-state index in [2.05, 4.69) is 14.9 Å². The minimum absolute atomic E-state index is 0.201. The van der Waals surface area contributed by atoms with Gasteiger partial charge in [-0.25, -0.2) is 8.42 Å². The lowest BCUT2D eigenvalue weighted by Crippen LogP contribution is -2.13. The summed E-state index contributed by atoms with van der Waals surface area (Å²) in [4.78, 5) is 5.48. The van der Waals surface area contributed by atoms with Crippen molar-refractivity contribution in [2.75, 3.05) is 17.9 Å². The highest BCUT2D eigenvalue weighted by atomic mass is 32.2. The third-order valence-electron chi connectivity index (χ3n) is 4.76. The number of hydrogen-bond acceptors (Lipinski definition) is 8. The van der Waals surface area contributed by atoms with Crippen molar-refractivity contribution < 1.29 is 22.4 Å². The van der Waals surface area contributed by atoms with Crippen LogP contribution >= 0.6 is 11.3 Å². The molecule has 0 bridgehead atoms. The third kappa shape index (κ3) is 2.97. The van der Waals surface area contributed by atoms with Gasteiger partial charge in [0.1, 0.15) is 10.8 Å². The fourth-order valence-electron chi connectivity index (χ4n) is 3.44. The lowest BCUT2D eigenvalue weighted by atomic mass is 10.1. The molecule has 2 aliphatic heterocycles. The number of hydrogen-bond donors (Lipinski definition) is 1. The maximum atomic E-state index is 13.1. The number of thiophene rings is 1. The second-order valence-electron chi connectivity index (χ2n) is 6.63. The highest BCUT2D eigenvalue weighted by Crippen LogP contribution is 2.43. The summed E-state index contributed by atoms with van der Waals surface area (Å²) in [7, 11) is -3.78. The molecule has 4 heterocycles. The molecule has 0 atom stereocenters. The molecule has 10 heteroatoms. The second-order valence-corrected chi connectivity index (χ2v) is 9.42. The summed E-state index contributed by atoms with van der Waals surface area (Å²) >= 11 is 1.35. The van der Waals surface area contributed by atoms with E-state index in [-0.39, 0.29) is 4.90 Å². The molecule has 0 spiro atoms. The van der Waals surface area contributed by atoms with Crippen molar-refractivity contribution in [3.05, 3.63) is 40.0 Å². The molecule has 0 radical (unpaired) electrons. The van der Waals surface area contributed by atoms with Crippen LogP contribution in [0.3, 0.4) is 0 Å². The molecule has 0 saturated carbocycles. The molecule has 146 valence electrons. The van der Waals surface area contributed by atoms with Gasteiger partial charge in [-0.3, -0.25) is 4.72 Å². The van der Waals surface area contributed by atoms with Gasteiger partial charge in [0.25, 0.3) is 15.9 Å². The van der Waals surface area contributed by atoms with Gasteiger partial charge in [-0.15, -0.1) is 11.3 Å². The first-order chi connectivity index (χ1) is 13.5. The topological polar surface area (TPSA) is 104 Å². The average molecular weight is 419 g/mol. The van der Waals surface area contributed by atoms with Gasteiger partial charge in [-0.2, -0.15) is 4.98 Å². The van der Waals surface area contributed by atoms with Crippen LogP contribution in [-0.2, 0) is 34.2 Å². The van der Waals surface area contributed by atoms with Crippen LogP contribution in [0.25, 0.3) is 11.5 Å². The van der Waals surface area contributed by atoms with E-state index in [1.165, 1.54) is 11.3 Å². The number of nitrogens with one attached hydrogen (secondary N) is 1. The highest BCUT2D eigenvalue weighted by molar-refractivity contribution is 7.93. The highest BCUT2D eigenvalue weighted by Gasteiger charge is 2.29. The monoisotopic (exact) mass is 419 g/mol. The minimum Gasteiger partial charge on any atom is -0.493 e. The number of anilines is 1. The molecule has 5 rings (SSSR count). The Labute approximate surface area is 165 Å². The van der Waals surface area contributed by atoms with Crippen molar-refractivity contribution in [1.82, 2.24) is 10.1 Å². The van der Waals surface area contributed by atoms with E-state index in [9.17, 15) is 8.42 Å². The molecule has 2 aromatic heterocycles. The van der Waals surface area contributed by atoms with Crippen LogP contribution in [0.1, 0.15) is 21.8 Å². The van der Waals surface area contributed by atoms with Gasteiger partial charge < -0.3 is 14.0 Å². The summed E-state index contributed by atoms with van der Waals surface area (Å²) < 4.78 is 45.2. The van der Waals surface area contributed by atoms with Crippen molar-refractivity contribution in [3.8, 4) is 17.2 Å². The van der Waals surface area contributed by atoms with Crippen molar-refractivity contribution in [1.29, 1.82) is 0 Å². The summed E-state index contributed by atoms with van der Waals surface area (Å²) in [6.07, 6.45) is 1.37. The molecule has 3 aromatic rings. The first-order valence-electron chi connectivity index (χ1n) is 8.83. The molecule has 0 saturated heterocycles. The SMILES string of the molecule is Cc1noc(-c2c(NS(=O)(=O)c3ccc4c(c3)CCO4)sc3c2CCOC3)n1. The number of rotatable bonds is 4. The van der Waals surface area contributed by atoms with Gasteiger partial charge in [0, 0.05) is 11.3 Å². The van der Waals surface area contributed by atoms with Crippen LogP contribution in [0.4, 0.5) is 5.00 Å². The summed E-state index contributed by atoms with van der Waals surface area (Å²) in [5.74, 6) is 1.55. The standard InChI is InChI=1S/C18H17N3O5S2/c1-10-19-17(26-20-10)16-13-5-6-24-9-15(13)27-18(16)21-28(22,23)12-2-3-14-11(8-12)4-7-25-14/h2-3,8,21H,4-7,9H2,1H3. The van der Waals surface area contributed by atoms with E-state index >= 15 is 0 Å². The van der Waals surface area contributed by atoms with E-state index in [1.54, 1.807) is 25.1 Å². The largest absolute Gasteiger partial charge is 0.493 e. The van der Waals surface area contributed by atoms with Crippen LogP contribution in [0.5, 0.6) is 5.75 Å². The minimum atomic E-state index is -3.78.